The number of hydrogen-bond acceptors (Lipinski definition) is 3. The van der Waals surface area contributed by atoms with Gasteiger partial charge >= 0.3 is 5.97 Å². The molecule has 22 heavy (non-hydrogen) atoms. The van der Waals surface area contributed by atoms with Crippen LogP contribution in [0.15, 0.2) is 53.4 Å². The Morgan fingerprint density at radius 1 is 1.09 bits per heavy atom. The van der Waals surface area contributed by atoms with Crippen molar-refractivity contribution in [3.63, 3.8) is 0 Å². The smallest absolute Gasteiger partial charge is 0.329 e. The quantitative estimate of drug-likeness (QED) is 0.868. The number of hydrogen-bond donors (Lipinski definition) is 1. The molecule has 0 amide bonds. The first-order valence-corrected chi connectivity index (χ1v) is 8.73. The van der Waals surface area contributed by atoms with Gasteiger partial charge in [0.25, 0.3) is 0 Å². The van der Waals surface area contributed by atoms with E-state index in [2.05, 4.69) is 0 Å². The topological polar surface area (TPSA) is 71.4 Å². The second kappa shape index (κ2) is 5.74. The average Bonchev–Trinajstić information content (AvgIpc) is 2.46. The third-order valence-electron chi connectivity index (χ3n) is 3.43. The second-order valence-electron chi connectivity index (χ2n) is 5.15. The summed E-state index contributed by atoms with van der Waals surface area (Å²) in [5.41, 5.74) is 1.69. The van der Waals surface area contributed by atoms with E-state index in [1.54, 1.807) is 48.5 Å². The Balaban J connectivity index is 2.52. The Hall–Kier alpha value is -1.85. The Bertz CT molecular complexity index is 808. The summed E-state index contributed by atoms with van der Waals surface area (Å²) in [5, 5.41) is 9.12. The molecule has 0 fully saturated rings. The van der Waals surface area contributed by atoms with Crippen LogP contribution in [-0.2, 0) is 19.5 Å². The van der Waals surface area contributed by atoms with Crippen molar-refractivity contribution >= 4 is 27.4 Å². The van der Waals surface area contributed by atoms with Crippen LogP contribution in [0.1, 0.15) is 12.5 Å². The van der Waals surface area contributed by atoms with E-state index in [4.69, 9.17) is 16.7 Å². The van der Waals surface area contributed by atoms with Gasteiger partial charge in [-0.1, -0.05) is 42.5 Å². The standard InChI is InChI=1S/C16H15ClO4S/c1-16(17,15(18)19)12-9-7-11(8-10-12)13-5-3-4-6-14(13)22(2,20)21/h3-10H,1-2H3,(H,18,19). The minimum Gasteiger partial charge on any atom is -0.480 e. The van der Waals surface area contributed by atoms with E-state index in [1.165, 1.54) is 6.92 Å². The molecule has 0 radical (unpaired) electrons. The van der Waals surface area contributed by atoms with Gasteiger partial charge in [0, 0.05) is 11.8 Å². The van der Waals surface area contributed by atoms with E-state index < -0.39 is 20.7 Å². The summed E-state index contributed by atoms with van der Waals surface area (Å²) < 4.78 is 23.7. The summed E-state index contributed by atoms with van der Waals surface area (Å²) in [6.45, 7) is 1.40. The van der Waals surface area contributed by atoms with Crippen molar-refractivity contribution < 1.29 is 18.3 Å². The Kier molecular flexibility index (Phi) is 4.31. The van der Waals surface area contributed by atoms with E-state index in [-0.39, 0.29) is 4.90 Å². The monoisotopic (exact) mass is 338 g/mol. The number of carbonyl (C=O) groups is 1. The lowest BCUT2D eigenvalue weighted by atomic mass is 9.97. The molecule has 0 saturated heterocycles. The summed E-state index contributed by atoms with van der Waals surface area (Å²) in [7, 11) is -3.35. The van der Waals surface area contributed by atoms with E-state index >= 15 is 0 Å². The summed E-state index contributed by atoms with van der Waals surface area (Å²) in [5.74, 6) is -1.14. The molecule has 1 atom stereocenters. The highest BCUT2D eigenvalue weighted by Crippen LogP contribution is 2.32. The van der Waals surface area contributed by atoms with Crippen LogP contribution in [0.4, 0.5) is 0 Å². The van der Waals surface area contributed by atoms with Gasteiger partial charge in [0.15, 0.2) is 14.7 Å². The molecule has 0 aliphatic rings. The lowest BCUT2D eigenvalue weighted by molar-refractivity contribution is -0.139. The summed E-state index contributed by atoms with van der Waals surface area (Å²) in [4.78, 5) is 9.86. The van der Waals surface area contributed by atoms with Crippen LogP contribution in [0, 0.1) is 0 Å². The van der Waals surface area contributed by atoms with Crippen molar-refractivity contribution in [1.82, 2.24) is 0 Å². The second-order valence-corrected chi connectivity index (χ2v) is 7.89. The van der Waals surface area contributed by atoms with Crippen LogP contribution in [0.3, 0.4) is 0 Å². The van der Waals surface area contributed by atoms with Gasteiger partial charge in [0.05, 0.1) is 4.90 Å². The van der Waals surface area contributed by atoms with Gasteiger partial charge in [-0.25, -0.2) is 13.2 Å². The van der Waals surface area contributed by atoms with Crippen molar-refractivity contribution in [2.75, 3.05) is 6.26 Å². The van der Waals surface area contributed by atoms with Crippen molar-refractivity contribution in [3.05, 3.63) is 54.1 Å². The molecule has 2 aromatic carbocycles. The molecule has 2 rings (SSSR count). The van der Waals surface area contributed by atoms with Gasteiger partial charge in [-0.05, 0) is 24.1 Å². The molecule has 6 heteroatoms. The van der Waals surface area contributed by atoms with Crippen molar-refractivity contribution in [1.29, 1.82) is 0 Å². The van der Waals surface area contributed by atoms with Crippen molar-refractivity contribution in [3.8, 4) is 11.1 Å². The van der Waals surface area contributed by atoms with Gasteiger partial charge in [-0.3, -0.25) is 0 Å². The molecular formula is C16H15ClO4S. The molecule has 0 spiro atoms. The van der Waals surface area contributed by atoms with Gasteiger partial charge in [0.2, 0.25) is 0 Å². The lowest BCUT2D eigenvalue weighted by Gasteiger charge is -2.17. The maximum Gasteiger partial charge on any atom is 0.329 e. The molecule has 4 nitrogen and oxygen atoms in total. The number of benzene rings is 2. The Morgan fingerprint density at radius 2 is 1.64 bits per heavy atom. The van der Waals surface area contributed by atoms with Crippen LogP contribution >= 0.6 is 11.6 Å². The number of sulfone groups is 1. The first kappa shape index (κ1) is 16.5. The largest absolute Gasteiger partial charge is 0.480 e. The minimum absolute atomic E-state index is 0.231. The van der Waals surface area contributed by atoms with Gasteiger partial charge in [0.1, 0.15) is 0 Å². The van der Waals surface area contributed by atoms with Gasteiger partial charge in [-0.2, -0.15) is 0 Å². The maximum atomic E-state index is 11.8. The predicted octanol–water partition coefficient (Wildman–Crippen LogP) is 3.30. The first-order valence-electron chi connectivity index (χ1n) is 6.46. The number of alkyl halides is 1. The van der Waals surface area contributed by atoms with Gasteiger partial charge in [-0.15, -0.1) is 11.6 Å². The molecule has 0 bridgehead atoms. The molecule has 2 aromatic rings. The molecule has 1 N–H and O–H groups in total. The third-order valence-corrected chi connectivity index (χ3v) is 4.96. The number of aliphatic carboxylic acids is 1. The molecule has 0 aromatic heterocycles. The van der Waals surface area contributed by atoms with Crippen LogP contribution < -0.4 is 0 Å². The third kappa shape index (κ3) is 3.15. The number of carboxylic acids is 1. The fourth-order valence-electron chi connectivity index (χ4n) is 2.11. The zero-order valence-electron chi connectivity index (χ0n) is 12.1. The van der Waals surface area contributed by atoms with Crippen molar-refractivity contribution in [2.45, 2.75) is 16.7 Å². The fraction of sp³-hybridized carbons (Fsp3) is 0.188. The normalized spacial score (nSPS) is 14.3. The molecule has 0 aliphatic carbocycles. The highest BCUT2D eigenvalue weighted by atomic mass is 35.5. The van der Waals surface area contributed by atoms with E-state index in [9.17, 15) is 13.2 Å². The van der Waals surface area contributed by atoms with Gasteiger partial charge < -0.3 is 5.11 Å². The van der Waals surface area contributed by atoms with Crippen LogP contribution in [0.2, 0.25) is 0 Å². The average molecular weight is 339 g/mol. The Morgan fingerprint density at radius 3 is 2.14 bits per heavy atom. The molecule has 1 unspecified atom stereocenters. The highest BCUT2D eigenvalue weighted by molar-refractivity contribution is 7.90. The molecular weight excluding hydrogens is 324 g/mol. The summed E-state index contributed by atoms with van der Waals surface area (Å²) >= 11 is 6.00. The van der Waals surface area contributed by atoms with Crippen LogP contribution in [0.5, 0.6) is 0 Å². The van der Waals surface area contributed by atoms with Crippen molar-refractivity contribution in [2.24, 2.45) is 0 Å². The molecule has 0 aliphatic heterocycles. The SMILES string of the molecule is CC(Cl)(C(=O)O)c1ccc(-c2ccccc2S(C)(=O)=O)cc1. The highest BCUT2D eigenvalue weighted by Gasteiger charge is 2.32. The maximum absolute atomic E-state index is 11.8. The van der Waals surface area contributed by atoms with E-state index in [1.807, 2.05) is 0 Å². The number of rotatable bonds is 4. The molecule has 0 saturated carbocycles. The molecule has 116 valence electrons. The first-order chi connectivity index (χ1) is 10.1. The number of carboxylic acid groups (broad SMARTS) is 1. The molecule has 0 heterocycles. The number of halogens is 1. The zero-order chi connectivity index (χ0) is 16.5. The predicted molar refractivity (Wildman–Crippen MR) is 85.8 cm³/mol. The lowest BCUT2D eigenvalue weighted by Crippen LogP contribution is -2.25. The van der Waals surface area contributed by atoms with E-state index in [0.29, 0.717) is 16.7 Å². The summed E-state index contributed by atoms with van der Waals surface area (Å²) in [6.07, 6.45) is 1.15. The van der Waals surface area contributed by atoms with E-state index in [0.717, 1.165) is 6.26 Å². The minimum atomic E-state index is -3.35. The Labute approximate surface area is 134 Å². The fourth-order valence-corrected chi connectivity index (χ4v) is 3.15. The zero-order valence-corrected chi connectivity index (χ0v) is 13.6. The van der Waals surface area contributed by atoms with Crippen LogP contribution in [-0.4, -0.2) is 25.7 Å². The summed E-state index contributed by atoms with van der Waals surface area (Å²) in [6, 6.07) is 13.2. The van der Waals surface area contributed by atoms with Crippen LogP contribution in [0.25, 0.3) is 11.1 Å².